The standard InChI is InChI=1S/C15H32O4S/c1-2-3-4-5-6-7-8-9-10-11-12-13-14-15-20(17,18)19-16/h16H,2-15H2,1H3. The van der Waals surface area contributed by atoms with Crippen LogP contribution in [0.15, 0.2) is 0 Å². The maximum absolute atomic E-state index is 10.8. The lowest BCUT2D eigenvalue weighted by atomic mass is 10.1. The van der Waals surface area contributed by atoms with Crippen LogP contribution in [0, 0.1) is 0 Å². The quantitative estimate of drug-likeness (QED) is 0.265. The molecule has 20 heavy (non-hydrogen) atoms. The number of unbranched alkanes of at least 4 members (excludes halogenated alkanes) is 12. The molecule has 0 aromatic rings. The van der Waals surface area contributed by atoms with Gasteiger partial charge in [-0.2, -0.15) is 8.42 Å². The van der Waals surface area contributed by atoms with Gasteiger partial charge >= 0.3 is 0 Å². The average Bonchev–Trinajstić information content (AvgIpc) is 2.44. The van der Waals surface area contributed by atoms with Gasteiger partial charge in [0, 0.05) is 0 Å². The van der Waals surface area contributed by atoms with Gasteiger partial charge in [0.25, 0.3) is 10.1 Å². The van der Waals surface area contributed by atoms with E-state index in [0.717, 1.165) is 12.8 Å². The molecule has 0 bridgehead atoms. The second-order valence-corrected chi connectivity index (χ2v) is 7.25. The highest BCUT2D eigenvalue weighted by Crippen LogP contribution is 2.12. The van der Waals surface area contributed by atoms with E-state index < -0.39 is 10.1 Å². The van der Waals surface area contributed by atoms with Crippen molar-refractivity contribution in [1.29, 1.82) is 0 Å². The van der Waals surface area contributed by atoms with E-state index in [-0.39, 0.29) is 5.75 Å². The van der Waals surface area contributed by atoms with Crippen LogP contribution in [0.2, 0.25) is 0 Å². The molecule has 0 saturated heterocycles. The molecule has 0 heterocycles. The highest BCUT2D eigenvalue weighted by atomic mass is 32.2. The number of rotatable bonds is 15. The summed E-state index contributed by atoms with van der Waals surface area (Å²) in [6.07, 6.45) is 15.8. The van der Waals surface area contributed by atoms with Crippen molar-refractivity contribution in [2.45, 2.75) is 90.4 Å². The van der Waals surface area contributed by atoms with Gasteiger partial charge in [0.05, 0.1) is 5.75 Å². The lowest BCUT2D eigenvalue weighted by Gasteiger charge is -2.03. The maximum atomic E-state index is 10.8. The van der Waals surface area contributed by atoms with Crippen molar-refractivity contribution in [2.24, 2.45) is 0 Å². The monoisotopic (exact) mass is 308 g/mol. The molecule has 0 spiro atoms. The summed E-state index contributed by atoms with van der Waals surface area (Å²) in [5.74, 6) is -0.0821. The van der Waals surface area contributed by atoms with Gasteiger partial charge in [0.15, 0.2) is 0 Å². The van der Waals surface area contributed by atoms with Crippen molar-refractivity contribution in [3.8, 4) is 0 Å². The summed E-state index contributed by atoms with van der Waals surface area (Å²) in [6.45, 7) is 2.24. The van der Waals surface area contributed by atoms with Gasteiger partial charge < -0.3 is 0 Å². The summed E-state index contributed by atoms with van der Waals surface area (Å²) in [5, 5.41) is 8.10. The molecule has 1 N–H and O–H groups in total. The largest absolute Gasteiger partial charge is 0.293 e. The summed E-state index contributed by atoms with van der Waals surface area (Å²) >= 11 is 0. The minimum absolute atomic E-state index is 0.0821. The van der Waals surface area contributed by atoms with Crippen molar-refractivity contribution >= 4 is 10.1 Å². The first-order chi connectivity index (χ1) is 9.62. The van der Waals surface area contributed by atoms with Crippen LogP contribution in [0.4, 0.5) is 0 Å². The molecule has 0 radical (unpaired) electrons. The van der Waals surface area contributed by atoms with E-state index in [4.69, 9.17) is 5.26 Å². The number of hydrogen-bond donors (Lipinski definition) is 1. The van der Waals surface area contributed by atoms with Crippen LogP contribution in [0.1, 0.15) is 90.4 Å². The molecule has 5 heteroatoms. The van der Waals surface area contributed by atoms with E-state index in [0.29, 0.717) is 6.42 Å². The molecule has 0 atom stereocenters. The molecule has 4 nitrogen and oxygen atoms in total. The summed E-state index contributed by atoms with van der Waals surface area (Å²) in [7, 11) is -3.68. The van der Waals surface area contributed by atoms with Crippen LogP contribution in [-0.4, -0.2) is 19.4 Å². The zero-order valence-electron chi connectivity index (χ0n) is 13.0. The molecule has 0 aromatic heterocycles. The van der Waals surface area contributed by atoms with Gasteiger partial charge in [0.1, 0.15) is 0 Å². The second-order valence-electron chi connectivity index (χ2n) is 5.58. The molecule has 0 aliphatic carbocycles. The lowest BCUT2D eigenvalue weighted by Crippen LogP contribution is -2.07. The Morgan fingerprint density at radius 3 is 1.40 bits per heavy atom. The van der Waals surface area contributed by atoms with E-state index in [9.17, 15) is 8.42 Å². The van der Waals surface area contributed by atoms with Crippen LogP contribution in [-0.2, 0) is 14.5 Å². The number of hydrogen-bond acceptors (Lipinski definition) is 4. The molecule has 0 amide bonds. The molecule has 0 aliphatic heterocycles. The van der Waals surface area contributed by atoms with Gasteiger partial charge in [-0.05, 0) is 6.42 Å². The van der Waals surface area contributed by atoms with Crippen molar-refractivity contribution in [2.75, 3.05) is 5.75 Å². The van der Waals surface area contributed by atoms with E-state index in [2.05, 4.69) is 11.3 Å². The first kappa shape index (κ1) is 19.9. The Morgan fingerprint density at radius 2 is 1.05 bits per heavy atom. The van der Waals surface area contributed by atoms with Crippen molar-refractivity contribution in [3.63, 3.8) is 0 Å². The van der Waals surface area contributed by atoms with E-state index in [1.54, 1.807) is 0 Å². The zero-order chi connectivity index (χ0) is 15.1. The Labute approximate surface area is 125 Å². The Balaban J connectivity index is 3.10. The summed E-state index contributed by atoms with van der Waals surface area (Å²) in [5.41, 5.74) is 0. The van der Waals surface area contributed by atoms with Crippen LogP contribution in [0.5, 0.6) is 0 Å². The normalized spacial score (nSPS) is 11.9. The first-order valence-electron chi connectivity index (χ1n) is 8.18. The minimum atomic E-state index is -3.68. The van der Waals surface area contributed by atoms with E-state index in [1.807, 2.05) is 0 Å². The summed E-state index contributed by atoms with van der Waals surface area (Å²) < 4.78 is 25.1. The fourth-order valence-corrected chi connectivity index (χ4v) is 2.97. The Morgan fingerprint density at radius 1 is 0.700 bits per heavy atom. The third-order valence-corrected chi connectivity index (χ3v) is 4.63. The summed E-state index contributed by atoms with van der Waals surface area (Å²) in [4.78, 5) is 0. The molecule has 0 saturated carbocycles. The SMILES string of the molecule is CCCCCCCCCCCCCCCS(=O)(=O)OO. The zero-order valence-corrected chi connectivity index (χ0v) is 13.8. The predicted octanol–water partition coefficient (Wildman–Crippen LogP) is 4.90. The first-order valence-corrected chi connectivity index (χ1v) is 9.76. The van der Waals surface area contributed by atoms with Crippen LogP contribution in [0.25, 0.3) is 0 Å². The Kier molecular flexibility index (Phi) is 13.7. The van der Waals surface area contributed by atoms with Crippen molar-refractivity contribution in [1.82, 2.24) is 0 Å². The van der Waals surface area contributed by atoms with Crippen molar-refractivity contribution < 1.29 is 18.0 Å². The third kappa shape index (κ3) is 14.3. The highest BCUT2D eigenvalue weighted by Gasteiger charge is 2.08. The van der Waals surface area contributed by atoms with Gasteiger partial charge in [-0.15, -0.1) is 4.33 Å². The van der Waals surface area contributed by atoms with Gasteiger partial charge in [-0.1, -0.05) is 84.0 Å². The predicted molar refractivity (Wildman–Crippen MR) is 83.2 cm³/mol. The molecule has 0 fully saturated rings. The third-order valence-electron chi connectivity index (χ3n) is 3.61. The Hall–Kier alpha value is -0.130. The Bertz CT molecular complexity index is 288. The van der Waals surface area contributed by atoms with Gasteiger partial charge in [-0.25, -0.2) is 5.26 Å². The van der Waals surface area contributed by atoms with E-state index >= 15 is 0 Å². The smallest absolute Gasteiger partial charge is 0.235 e. The highest BCUT2D eigenvalue weighted by molar-refractivity contribution is 7.86. The van der Waals surface area contributed by atoms with Gasteiger partial charge in [-0.3, -0.25) is 0 Å². The summed E-state index contributed by atoms with van der Waals surface area (Å²) in [6, 6.07) is 0. The molecule has 0 aliphatic rings. The fourth-order valence-electron chi connectivity index (χ4n) is 2.33. The molecule has 0 aromatic carbocycles. The average molecular weight is 308 g/mol. The molecular weight excluding hydrogens is 276 g/mol. The molecule has 0 rings (SSSR count). The maximum Gasteiger partial charge on any atom is 0.293 e. The van der Waals surface area contributed by atoms with Crippen molar-refractivity contribution in [3.05, 3.63) is 0 Å². The molecule has 0 unspecified atom stereocenters. The van der Waals surface area contributed by atoms with Crippen LogP contribution in [0.3, 0.4) is 0 Å². The molecular formula is C15H32O4S. The minimum Gasteiger partial charge on any atom is -0.235 e. The second kappa shape index (κ2) is 13.8. The van der Waals surface area contributed by atoms with Crippen LogP contribution < -0.4 is 0 Å². The fraction of sp³-hybridized carbons (Fsp3) is 1.00. The lowest BCUT2D eigenvalue weighted by molar-refractivity contribution is -0.130. The van der Waals surface area contributed by atoms with Gasteiger partial charge in [0.2, 0.25) is 0 Å². The topological polar surface area (TPSA) is 63.6 Å². The van der Waals surface area contributed by atoms with Crippen LogP contribution >= 0.6 is 0 Å². The van der Waals surface area contributed by atoms with E-state index in [1.165, 1.54) is 64.2 Å². The molecule has 122 valence electrons.